The van der Waals surface area contributed by atoms with Crippen LogP contribution in [-0.4, -0.2) is 10.4 Å². The second kappa shape index (κ2) is 11.0. The molecule has 1 aliphatic carbocycles. The van der Waals surface area contributed by atoms with E-state index in [2.05, 4.69) is 179 Å². The summed E-state index contributed by atoms with van der Waals surface area (Å²) in [5.41, 5.74) is 12.0. The topological polar surface area (TPSA) is 41.4 Å². The van der Waals surface area contributed by atoms with Crippen molar-refractivity contribution in [3.63, 3.8) is 0 Å². The molecule has 4 nitrogen and oxygen atoms in total. The van der Waals surface area contributed by atoms with Gasteiger partial charge in [-0.05, 0) is 79.7 Å². The molecule has 2 unspecified atom stereocenters. The van der Waals surface area contributed by atoms with E-state index >= 15 is 0 Å². The van der Waals surface area contributed by atoms with Gasteiger partial charge in [0.25, 0.3) is 0 Å². The summed E-state index contributed by atoms with van der Waals surface area (Å²) in [5, 5.41) is 15.2. The van der Waals surface area contributed by atoms with E-state index in [1.165, 1.54) is 65.6 Å². The quantitative estimate of drug-likeness (QED) is 0.199. The van der Waals surface area contributed by atoms with Crippen molar-refractivity contribution in [2.75, 3.05) is 0 Å². The van der Waals surface area contributed by atoms with E-state index in [1.807, 2.05) is 6.07 Å². The molecule has 0 bridgehead atoms. The molecular formula is C47H32N4. The van der Waals surface area contributed by atoms with Crippen molar-refractivity contribution in [1.82, 2.24) is 15.2 Å². The smallest absolute Gasteiger partial charge is 0.131 e. The van der Waals surface area contributed by atoms with Crippen molar-refractivity contribution in [3.05, 3.63) is 187 Å². The number of fused-ring (bicyclic) bond motifs is 4. The lowest BCUT2D eigenvalue weighted by atomic mass is 9.91. The van der Waals surface area contributed by atoms with Crippen LogP contribution < -0.4 is 10.6 Å². The Morgan fingerprint density at radius 1 is 0.471 bits per heavy atom. The number of benzene rings is 8. The third-order valence-electron chi connectivity index (χ3n) is 10.8. The normalized spacial score (nSPS) is 16.4. The fraction of sp³-hybridized carbons (Fsp3) is 0.0426. The Bertz CT molecular complexity index is 2870. The van der Waals surface area contributed by atoms with E-state index in [0.29, 0.717) is 0 Å². The highest BCUT2D eigenvalue weighted by Crippen LogP contribution is 2.50. The molecule has 0 saturated carbocycles. The highest BCUT2D eigenvalue weighted by molar-refractivity contribution is 6.30. The van der Waals surface area contributed by atoms with Gasteiger partial charge in [0.1, 0.15) is 18.2 Å². The first-order chi connectivity index (χ1) is 25.3. The van der Waals surface area contributed by atoms with Crippen LogP contribution in [-0.2, 0) is 0 Å². The molecule has 0 saturated heterocycles. The molecule has 2 aliphatic rings. The van der Waals surface area contributed by atoms with Crippen LogP contribution in [0.15, 0.2) is 175 Å². The van der Waals surface area contributed by atoms with Crippen molar-refractivity contribution in [2.24, 2.45) is 4.99 Å². The fourth-order valence-electron chi connectivity index (χ4n) is 8.52. The van der Waals surface area contributed by atoms with Gasteiger partial charge in [-0.1, -0.05) is 140 Å². The van der Waals surface area contributed by atoms with Gasteiger partial charge in [0.15, 0.2) is 0 Å². The number of amidine groups is 1. The van der Waals surface area contributed by atoms with Crippen LogP contribution in [0.2, 0.25) is 0 Å². The zero-order valence-corrected chi connectivity index (χ0v) is 27.7. The van der Waals surface area contributed by atoms with Gasteiger partial charge in [-0.15, -0.1) is 0 Å². The van der Waals surface area contributed by atoms with Crippen molar-refractivity contribution in [2.45, 2.75) is 12.3 Å². The number of hydrogen-bond donors (Lipinski definition) is 2. The molecule has 0 spiro atoms. The Hall–Kier alpha value is -6.49. The van der Waals surface area contributed by atoms with E-state index in [4.69, 9.17) is 4.99 Å². The van der Waals surface area contributed by atoms with Crippen LogP contribution in [0, 0.1) is 0 Å². The fourth-order valence-corrected chi connectivity index (χ4v) is 8.52. The van der Waals surface area contributed by atoms with Gasteiger partial charge in [0.05, 0.1) is 16.7 Å². The molecule has 2 atom stereocenters. The monoisotopic (exact) mass is 652 g/mol. The predicted molar refractivity (Wildman–Crippen MR) is 211 cm³/mol. The van der Waals surface area contributed by atoms with Crippen LogP contribution in [0.4, 0.5) is 0 Å². The standard InChI is InChI=1S/C47H32N4/c1-3-13-30(14-4-1)45-48-46(31-15-5-2-6-16-31)50-47(49-45)36-20-9-10-23-39(36)51-40-24-12-22-35-38-28-33-18-8-7-17-32(33)27-37(38)34-21-11-19-29-25-26-41(51)44(42(29)34)43(35)40/h1-28,45,47,49H,(H,48,50). The summed E-state index contributed by atoms with van der Waals surface area (Å²) >= 11 is 0. The van der Waals surface area contributed by atoms with Crippen molar-refractivity contribution >= 4 is 49.2 Å². The molecular weight excluding hydrogens is 621 g/mol. The molecule has 240 valence electrons. The number of aromatic nitrogens is 1. The number of nitrogens with one attached hydrogen (secondary N) is 2. The van der Waals surface area contributed by atoms with Crippen molar-refractivity contribution in [3.8, 4) is 27.9 Å². The average molecular weight is 653 g/mol. The lowest BCUT2D eigenvalue weighted by Crippen LogP contribution is -2.45. The third kappa shape index (κ3) is 4.27. The minimum atomic E-state index is -0.297. The number of nitrogens with zero attached hydrogens (tertiary/aromatic N) is 2. The maximum Gasteiger partial charge on any atom is 0.131 e. The molecule has 4 heteroatoms. The zero-order valence-electron chi connectivity index (χ0n) is 27.7. The largest absolute Gasteiger partial charge is 0.350 e. The molecule has 8 aromatic carbocycles. The predicted octanol–water partition coefficient (Wildman–Crippen LogP) is 11.1. The maximum atomic E-state index is 5.36. The molecule has 0 amide bonds. The molecule has 1 aromatic heterocycles. The van der Waals surface area contributed by atoms with Gasteiger partial charge in [0, 0.05) is 21.9 Å². The SMILES string of the molecule is c1ccc(C2=NC(c3ccccc3-n3c4cccc5c4c4c6c(cccc6ccc43)-c3cc4ccccc4cc3-5)NC(c3ccccc3)N2)cc1. The van der Waals surface area contributed by atoms with Gasteiger partial charge in [-0.2, -0.15) is 0 Å². The van der Waals surface area contributed by atoms with E-state index in [9.17, 15) is 0 Å². The summed E-state index contributed by atoms with van der Waals surface area (Å²) < 4.78 is 2.48. The van der Waals surface area contributed by atoms with Crippen LogP contribution >= 0.6 is 0 Å². The van der Waals surface area contributed by atoms with Gasteiger partial charge >= 0.3 is 0 Å². The number of para-hydroxylation sites is 1. The Balaban J connectivity index is 1.19. The molecule has 2 heterocycles. The lowest BCUT2D eigenvalue weighted by molar-refractivity contribution is 0.408. The van der Waals surface area contributed by atoms with E-state index in [0.717, 1.165) is 28.2 Å². The van der Waals surface area contributed by atoms with Gasteiger partial charge < -0.3 is 9.88 Å². The molecule has 51 heavy (non-hydrogen) atoms. The summed E-state index contributed by atoms with van der Waals surface area (Å²) in [6.07, 6.45) is -0.417. The molecule has 0 radical (unpaired) electrons. The molecule has 1 aliphatic heterocycles. The van der Waals surface area contributed by atoms with Crippen LogP contribution in [0.25, 0.3) is 71.3 Å². The van der Waals surface area contributed by atoms with E-state index < -0.39 is 0 Å². The molecule has 2 N–H and O–H groups in total. The van der Waals surface area contributed by atoms with Gasteiger partial charge in [-0.3, -0.25) is 5.32 Å². The van der Waals surface area contributed by atoms with Crippen LogP contribution in [0.1, 0.15) is 29.0 Å². The van der Waals surface area contributed by atoms with Crippen LogP contribution in [0.3, 0.4) is 0 Å². The second-order valence-electron chi connectivity index (χ2n) is 13.6. The minimum Gasteiger partial charge on any atom is -0.350 e. The first-order valence-electron chi connectivity index (χ1n) is 17.6. The first kappa shape index (κ1) is 28.4. The zero-order chi connectivity index (χ0) is 33.5. The highest BCUT2D eigenvalue weighted by Gasteiger charge is 2.30. The highest BCUT2D eigenvalue weighted by atomic mass is 15.3. The van der Waals surface area contributed by atoms with Gasteiger partial charge in [0.2, 0.25) is 0 Å². The summed E-state index contributed by atoms with van der Waals surface area (Å²) in [7, 11) is 0. The second-order valence-corrected chi connectivity index (χ2v) is 13.6. The lowest BCUT2D eigenvalue weighted by Gasteiger charge is -2.33. The Morgan fingerprint density at radius 3 is 1.88 bits per heavy atom. The molecule has 11 rings (SSSR count). The van der Waals surface area contributed by atoms with E-state index in [-0.39, 0.29) is 12.3 Å². The maximum absolute atomic E-state index is 5.36. The average Bonchev–Trinajstić information content (AvgIpc) is 3.49. The Kier molecular flexibility index (Phi) is 6.12. The summed E-state index contributed by atoms with van der Waals surface area (Å²) in [6, 6.07) is 61.5. The summed E-state index contributed by atoms with van der Waals surface area (Å²) in [5.74, 6) is 0.876. The first-order valence-corrected chi connectivity index (χ1v) is 17.6. The third-order valence-corrected chi connectivity index (χ3v) is 10.8. The van der Waals surface area contributed by atoms with Crippen LogP contribution in [0.5, 0.6) is 0 Å². The van der Waals surface area contributed by atoms with Crippen molar-refractivity contribution in [1.29, 1.82) is 0 Å². The van der Waals surface area contributed by atoms with Crippen molar-refractivity contribution < 1.29 is 0 Å². The number of rotatable bonds is 4. The van der Waals surface area contributed by atoms with E-state index in [1.54, 1.807) is 0 Å². The number of hydrogen-bond acceptors (Lipinski definition) is 3. The summed E-state index contributed by atoms with van der Waals surface area (Å²) in [6.45, 7) is 0. The summed E-state index contributed by atoms with van der Waals surface area (Å²) in [4.78, 5) is 5.36. The molecule has 0 fully saturated rings. The van der Waals surface area contributed by atoms with Gasteiger partial charge in [-0.25, -0.2) is 4.99 Å². The number of aliphatic imine (C=N–C) groups is 1. The Morgan fingerprint density at radius 2 is 1.10 bits per heavy atom. The molecule has 9 aromatic rings. The Labute approximate surface area is 295 Å². The minimum absolute atomic E-state index is 0.120.